The molecule has 1 N–H and O–H groups in total. The quantitative estimate of drug-likeness (QED) is 0.878. The van der Waals surface area contributed by atoms with E-state index in [0.29, 0.717) is 5.56 Å². The number of hydrogen-bond donors (Lipinski definition) is 1. The summed E-state index contributed by atoms with van der Waals surface area (Å²) in [7, 11) is 1.65. The Morgan fingerprint density at radius 2 is 1.81 bits per heavy atom. The molecule has 1 atom stereocenters. The first-order valence-corrected chi connectivity index (χ1v) is 7.15. The number of likely N-dealkylation sites (N-methyl/N-ethyl adjacent to an activating group) is 1. The van der Waals surface area contributed by atoms with Gasteiger partial charge in [0.05, 0.1) is 5.92 Å². The van der Waals surface area contributed by atoms with Gasteiger partial charge in [-0.15, -0.1) is 0 Å². The van der Waals surface area contributed by atoms with Crippen molar-refractivity contribution in [3.8, 4) is 0 Å². The molecule has 0 radical (unpaired) electrons. The summed E-state index contributed by atoms with van der Waals surface area (Å²) in [5.41, 5.74) is 3.44. The molecule has 0 bridgehead atoms. The van der Waals surface area contributed by atoms with E-state index in [-0.39, 0.29) is 17.6 Å². The molecular weight excluding hydrogens is 262 g/mol. The average molecular weight is 279 g/mol. The molecule has 2 aromatic rings. The lowest BCUT2D eigenvalue weighted by molar-refractivity contribution is -0.122. The first-order valence-electron chi connectivity index (χ1n) is 7.15. The second-order valence-corrected chi connectivity index (χ2v) is 5.27. The molecule has 0 saturated carbocycles. The van der Waals surface area contributed by atoms with Crippen molar-refractivity contribution < 1.29 is 9.59 Å². The van der Waals surface area contributed by atoms with Gasteiger partial charge < -0.3 is 5.32 Å². The molecule has 21 heavy (non-hydrogen) atoms. The van der Waals surface area contributed by atoms with E-state index in [4.69, 9.17) is 0 Å². The van der Waals surface area contributed by atoms with Crippen molar-refractivity contribution in [1.82, 2.24) is 5.32 Å². The third-order valence-electron chi connectivity index (χ3n) is 4.11. The first kappa shape index (κ1) is 13.6. The van der Waals surface area contributed by atoms with Gasteiger partial charge in [0.25, 0.3) is 0 Å². The lowest BCUT2D eigenvalue weighted by Crippen LogP contribution is -2.24. The molecule has 106 valence electrons. The van der Waals surface area contributed by atoms with Crippen LogP contribution in [0.2, 0.25) is 0 Å². The maximum atomic E-state index is 12.7. The Morgan fingerprint density at radius 3 is 2.52 bits per heavy atom. The van der Waals surface area contributed by atoms with Crippen LogP contribution in [-0.2, 0) is 11.2 Å². The number of benzene rings is 2. The van der Waals surface area contributed by atoms with Crippen LogP contribution in [0.5, 0.6) is 0 Å². The molecule has 0 aliphatic heterocycles. The monoisotopic (exact) mass is 279 g/mol. The highest BCUT2D eigenvalue weighted by Crippen LogP contribution is 2.35. The van der Waals surface area contributed by atoms with Gasteiger partial charge in [0.1, 0.15) is 0 Å². The molecule has 2 aromatic carbocycles. The predicted molar refractivity (Wildman–Crippen MR) is 81.4 cm³/mol. The lowest BCUT2D eigenvalue weighted by Gasteiger charge is -2.11. The summed E-state index contributed by atoms with van der Waals surface area (Å²) in [6, 6.07) is 15.0. The molecule has 0 spiro atoms. The highest BCUT2D eigenvalue weighted by molar-refractivity contribution is 6.10. The number of carbonyl (C=O) groups excluding carboxylic acids is 2. The standard InChI is InChI=1S/C18H17NO2/c1-19-18(21)16-11-10-14-13(16)8-5-9-15(14)17(20)12-6-3-2-4-7-12/h2-9,16H,10-11H2,1H3,(H,19,21). The highest BCUT2D eigenvalue weighted by Gasteiger charge is 2.30. The number of nitrogens with one attached hydrogen (secondary N) is 1. The summed E-state index contributed by atoms with van der Waals surface area (Å²) in [5.74, 6) is -0.0726. The Balaban J connectivity index is 2.02. The van der Waals surface area contributed by atoms with Crippen LogP contribution in [0.25, 0.3) is 0 Å². The second kappa shape index (κ2) is 5.52. The van der Waals surface area contributed by atoms with Gasteiger partial charge in [0.2, 0.25) is 5.91 Å². The molecule has 3 nitrogen and oxygen atoms in total. The number of hydrogen-bond acceptors (Lipinski definition) is 2. The zero-order valence-electron chi connectivity index (χ0n) is 11.9. The smallest absolute Gasteiger partial charge is 0.227 e. The molecule has 1 aliphatic rings. The van der Waals surface area contributed by atoms with Crippen LogP contribution in [0.3, 0.4) is 0 Å². The van der Waals surface area contributed by atoms with E-state index in [2.05, 4.69) is 5.32 Å². The topological polar surface area (TPSA) is 46.2 Å². The molecule has 0 saturated heterocycles. The number of ketones is 1. The lowest BCUT2D eigenvalue weighted by atomic mass is 9.94. The zero-order chi connectivity index (χ0) is 14.8. The van der Waals surface area contributed by atoms with E-state index in [9.17, 15) is 9.59 Å². The van der Waals surface area contributed by atoms with Gasteiger partial charge in [0.15, 0.2) is 5.78 Å². The van der Waals surface area contributed by atoms with E-state index >= 15 is 0 Å². The summed E-state index contributed by atoms with van der Waals surface area (Å²) in [6.45, 7) is 0. The van der Waals surface area contributed by atoms with E-state index in [1.54, 1.807) is 7.05 Å². The third-order valence-corrected chi connectivity index (χ3v) is 4.11. The average Bonchev–Trinajstić information content (AvgIpc) is 2.98. The Kier molecular flexibility index (Phi) is 3.57. The molecule has 3 heteroatoms. The molecule has 3 rings (SSSR count). The van der Waals surface area contributed by atoms with Crippen molar-refractivity contribution in [2.45, 2.75) is 18.8 Å². The number of fused-ring (bicyclic) bond motifs is 1. The zero-order valence-corrected chi connectivity index (χ0v) is 11.9. The van der Waals surface area contributed by atoms with E-state index in [0.717, 1.165) is 29.5 Å². The maximum Gasteiger partial charge on any atom is 0.227 e. The normalized spacial score (nSPS) is 16.3. The highest BCUT2D eigenvalue weighted by atomic mass is 16.1. The SMILES string of the molecule is CNC(=O)C1CCc2c(C(=O)c3ccccc3)cccc21. The number of rotatable bonds is 3. The molecule has 1 aliphatic carbocycles. The van der Waals surface area contributed by atoms with Gasteiger partial charge in [-0.05, 0) is 24.0 Å². The van der Waals surface area contributed by atoms with Gasteiger partial charge in [-0.25, -0.2) is 0 Å². The van der Waals surface area contributed by atoms with Gasteiger partial charge in [-0.2, -0.15) is 0 Å². The van der Waals surface area contributed by atoms with Gasteiger partial charge in [-0.1, -0.05) is 48.5 Å². The summed E-state index contributed by atoms with van der Waals surface area (Å²) in [5, 5.41) is 2.70. The number of carbonyl (C=O) groups is 2. The molecule has 0 heterocycles. The van der Waals surface area contributed by atoms with Crippen molar-refractivity contribution in [2.24, 2.45) is 0 Å². The fourth-order valence-corrected chi connectivity index (χ4v) is 3.06. The summed E-state index contributed by atoms with van der Waals surface area (Å²) in [4.78, 5) is 24.6. The Morgan fingerprint density at radius 1 is 1.05 bits per heavy atom. The molecule has 1 amide bonds. The summed E-state index contributed by atoms with van der Waals surface area (Å²) >= 11 is 0. The van der Waals surface area contributed by atoms with Crippen molar-refractivity contribution in [1.29, 1.82) is 0 Å². The molecule has 1 unspecified atom stereocenters. The Labute approximate surface area is 124 Å². The molecular formula is C18H17NO2. The van der Waals surface area contributed by atoms with Gasteiger partial charge in [0, 0.05) is 18.2 Å². The van der Waals surface area contributed by atoms with Gasteiger partial charge >= 0.3 is 0 Å². The van der Waals surface area contributed by atoms with Crippen molar-refractivity contribution in [2.75, 3.05) is 7.05 Å². The van der Waals surface area contributed by atoms with Crippen LogP contribution in [-0.4, -0.2) is 18.7 Å². The van der Waals surface area contributed by atoms with Crippen LogP contribution in [0.15, 0.2) is 48.5 Å². The minimum Gasteiger partial charge on any atom is -0.359 e. The van der Waals surface area contributed by atoms with Crippen molar-refractivity contribution in [3.63, 3.8) is 0 Å². The fraction of sp³-hybridized carbons (Fsp3) is 0.222. The molecule has 0 fully saturated rings. The third kappa shape index (κ3) is 2.35. The molecule has 0 aromatic heterocycles. The Hall–Kier alpha value is -2.42. The first-order chi connectivity index (χ1) is 10.2. The van der Waals surface area contributed by atoms with Crippen LogP contribution < -0.4 is 5.32 Å². The minimum absolute atomic E-state index is 0.0260. The second-order valence-electron chi connectivity index (χ2n) is 5.27. The van der Waals surface area contributed by atoms with E-state index in [1.807, 2.05) is 48.5 Å². The summed E-state index contributed by atoms with van der Waals surface area (Å²) in [6.07, 6.45) is 1.55. The van der Waals surface area contributed by atoms with Crippen LogP contribution >= 0.6 is 0 Å². The number of amides is 1. The van der Waals surface area contributed by atoms with Crippen molar-refractivity contribution in [3.05, 3.63) is 70.8 Å². The largest absolute Gasteiger partial charge is 0.359 e. The summed E-state index contributed by atoms with van der Waals surface area (Å²) < 4.78 is 0. The predicted octanol–water partition coefficient (Wildman–Crippen LogP) is 2.69. The minimum atomic E-state index is -0.131. The van der Waals surface area contributed by atoms with Crippen LogP contribution in [0.4, 0.5) is 0 Å². The van der Waals surface area contributed by atoms with Crippen LogP contribution in [0, 0.1) is 0 Å². The van der Waals surface area contributed by atoms with E-state index < -0.39 is 0 Å². The fourth-order valence-electron chi connectivity index (χ4n) is 3.06. The van der Waals surface area contributed by atoms with Crippen molar-refractivity contribution >= 4 is 11.7 Å². The Bertz CT molecular complexity index is 692. The van der Waals surface area contributed by atoms with E-state index in [1.165, 1.54) is 0 Å². The maximum absolute atomic E-state index is 12.7. The van der Waals surface area contributed by atoms with Crippen LogP contribution in [0.1, 0.15) is 39.4 Å². The van der Waals surface area contributed by atoms with Gasteiger partial charge in [-0.3, -0.25) is 9.59 Å².